The second-order valence-electron chi connectivity index (χ2n) is 3.40. The van der Waals surface area contributed by atoms with E-state index in [-0.39, 0.29) is 0 Å². The highest BCUT2D eigenvalue weighted by molar-refractivity contribution is 9.10. The van der Waals surface area contributed by atoms with Crippen LogP contribution in [0.4, 0.5) is 10.5 Å². The second kappa shape index (κ2) is 6.24. The van der Waals surface area contributed by atoms with E-state index in [1.807, 2.05) is 0 Å². The number of rotatable bonds is 4. The van der Waals surface area contributed by atoms with Crippen molar-refractivity contribution in [3.63, 3.8) is 0 Å². The molecule has 5 nitrogen and oxygen atoms in total. The number of carboxylic acid groups (broad SMARTS) is 1. The average Bonchev–Trinajstić information content (AvgIpc) is 2.28. The van der Waals surface area contributed by atoms with E-state index >= 15 is 0 Å². The number of nitrogens with one attached hydrogen (secondary N) is 2. The van der Waals surface area contributed by atoms with Crippen molar-refractivity contribution in [2.24, 2.45) is 0 Å². The predicted octanol–water partition coefficient (Wildman–Crippen LogP) is 2.43. The van der Waals surface area contributed by atoms with Gasteiger partial charge in [-0.05, 0) is 30.7 Å². The number of hydrogen-bond donors (Lipinski definition) is 3. The van der Waals surface area contributed by atoms with E-state index in [4.69, 9.17) is 5.11 Å². The van der Waals surface area contributed by atoms with Gasteiger partial charge in [0.15, 0.2) is 0 Å². The van der Waals surface area contributed by atoms with Crippen LogP contribution in [0.15, 0.2) is 28.7 Å². The summed E-state index contributed by atoms with van der Waals surface area (Å²) in [5, 5.41) is 13.7. The van der Waals surface area contributed by atoms with Crippen molar-refractivity contribution in [1.82, 2.24) is 5.32 Å². The smallest absolute Gasteiger partial charge is 0.326 e. The largest absolute Gasteiger partial charge is 0.480 e. The standard InChI is InChI=1S/C11H13BrN2O3/c1-2-9(10(15)16)14-11(17)13-8-5-3-7(12)4-6-8/h3-6,9H,2H2,1H3,(H,15,16)(H2,13,14,17). The van der Waals surface area contributed by atoms with Crippen LogP contribution in [-0.2, 0) is 4.79 Å². The third-order valence-corrected chi connectivity index (χ3v) is 2.64. The molecule has 0 fully saturated rings. The maximum atomic E-state index is 11.5. The molecular formula is C11H13BrN2O3. The molecule has 0 aliphatic heterocycles. The molecule has 1 atom stereocenters. The summed E-state index contributed by atoms with van der Waals surface area (Å²) >= 11 is 3.28. The van der Waals surface area contributed by atoms with Crippen LogP contribution in [0.2, 0.25) is 0 Å². The van der Waals surface area contributed by atoms with Crippen molar-refractivity contribution in [2.75, 3.05) is 5.32 Å². The molecule has 1 unspecified atom stereocenters. The third-order valence-electron chi connectivity index (χ3n) is 2.11. The number of carboxylic acids is 1. The summed E-state index contributed by atoms with van der Waals surface area (Å²) in [6.45, 7) is 1.69. The number of hydrogen-bond acceptors (Lipinski definition) is 2. The van der Waals surface area contributed by atoms with Crippen LogP contribution in [-0.4, -0.2) is 23.1 Å². The van der Waals surface area contributed by atoms with Gasteiger partial charge in [0.2, 0.25) is 0 Å². The van der Waals surface area contributed by atoms with Crippen LogP contribution in [0.3, 0.4) is 0 Å². The zero-order valence-electron chi connectivity index (χ0n) is 9.24. The van der Waals surface area contributed by atoms with E-state index in [2.05, 4.69) is 26.6 Å². The number of carbonyl (C=O) groups excluding carboxylic acids is 1. The molecular weight excluding hydrogens is 288 g/mol. The Labute approximate surface area is 107 Å². The molecule has 1 aromatic carbocycles. The summed E-state index contributed by atoms with van der Waals surface area (Å²) in [5.41, 5.74) is 0.603. The Bertz CT molecular complexity index is 406. The minimum Gasteiger partial charge on any atom is -0.480 e. The Morgan fingerprint density at radius 2 is 1.94 bits per heavy atom. The molecule has 0 radical (unpaired) electrons. The molecule has 0 spiro atoms. The molecule has 1 aromatic rings. The van der Waals surface area contributed by atoms with Gasteiger partial charge < -0.3 is 15.7 Å². The number of urea groups is 1. The zero-order valence-corrected chi connectivity index (χ0v) is 10.8. The minimum absolute atomic E-state index is 0.336. The van der Waals surface area contributed by atoms with Gasteiger partial charge in [-0.15, -0.1) is 0 Å². The first kappa shape index (κ1) is 13.5. The number of halogens is 1. The molecule has 2 amide bonds. The normalized spacial score (nSPS) is 11.6. The highest BCUT2D eigenvalue weighted by Gasteiger charge is 2.17. The van der Waals surface area contributed by atoms with Crippen LogP contribution < -0.4 is 10.6 Å². The summed E-state index contributed by atoms with van der Waals surface area (Å²) in [6, 6.07) is 5.59. The highest BCUT2D eigenvalue weighted by atomic mass is 79.9. The van der Waals surface area contributed by atoms with Crippen LogP contribution >= 0.6 is 15.9 Å². The van der Waals surface area contributed by atoms with Gasteiger partial charge in [-0.1, -0.05) is 22.9 Å². The summed E-state index contributed by atoms with van der Waals surface area (Å²) in [5.74, 6) is -1.04. The van der Waals surface area contributed by atoms with E-state index in [0.29, 0.717) is 12.1 Å². The molecule has 17 heavy (non-hydrogen) atoms. The lowest BCUT2D eigenvalue weighted by Crippen LogP contribution is -2.42. The first-order valence-electron chi connectivity index (χ1n) is 5.08. The first-order chi connectivity index (χ1) is 8.02. The van der Waals surface area contributed by atoms with Crippen LogP contribution in [0.25, 0.3) is 0 Å². The van der Waals surface area contributed by atoms with Gasteiger partial charge in [0.1, 0.15) is 6.04 Å². The number of carbonyl (C=O) groups is 2. The van der Waals surface area contributed by atoms with Crippen LogP contribution in [0.1, 0.15) is 13.3 Å². The van der Waals surface area contributed by atoms with Gasteiger partial charge in [0.05, 0.1) is 0 Å². The quantitative estimate of drug-likeness (QED) is 0.799. The molecule has 0 heterocycles. The maximum Gasteiger partial charge on any atom is 0.326 e. The fourth-order valence-electron chi connectivity index (χ4n) is 1.20. The summed E-state index contributed by atoms with van der Waals surface area (Å²) < 4.78 is 0.903. The lowest BCUT2D eigenvalue weighted by atomic mass is 10.2. The fraction of sp³-hybridized carbons (Fsp3) is 0.273. The van der Waals surface area contributed by atoms with Crippen molar-refractivity contribution in [2.45, 2.75) is 19.4 Å². The highest BCUT2D eigenvalue weighted by Crippen LogP contribution is 2.13. The monoisotopic (exact) mass is 300 g/mol. The number of anilines is 1. The van der Waals surface area contributed by atoms with Gasteiger partial charge in [0, 0.05) is 10.2 Å². The van der Waals surface area contributed by atoms with Gasteiger partial charge in [0.25, 0.3) is 0 Å². The summed E-state index contributed by atoms with van der Waals surface area (Å²) in [4.78, 5) is 22.2. The average molecular weight is 301 g/mol. The van der Waals surface area contributed by atoms with Gasteiger partial charge >= 0.3 is 12.0 Å². The Morgan fingerprint density at radius 1 is 1.35 bits per heavy atom. The van der Waals surface area contributed by atoms with Crippen molar-refractivity contribution in [1.29, 1.82) is 0 Å². The van der Waals surface area contributed by atoms with Crippen molar-refractivity contribution in [3.05, 3.63) is 28.7 Å². The second-order valence-corrected chi connectivity index (χ2v) is 4.32. The molecule has 0 aliphatic rings. The zero-order chi connectivity index (χ0) is 12.8. The molecule has 0 saturated heterocycles. The molecule has 0 saturated carbocycles. The van der Waals surface area contributed by atoms with E-state index in [1.165, 1.54) is 0 Å². The third kappa shape index (κ3) is 4.44. The molecule has 6 heteroatoms. The molecule has 3 N–H and O–H groups in total. The number of amides is 2. The van der Waals surface area contributed by atoms with Gasteiger partial charge in [-0.3, -0.25) is 0 Å². The predicted molar refractivity (Wildman–Crippen MR) is 68.0 cm³/mol. The Balaban J connectivity index is 2.54. The Kier molecular flexibility index (Phi) is 4.96. The molecule has 0 aromatic heterocycles. The summed E-state index contributed by atoms with van der Waals surface area (Å²) in [7, 11) is 0. The van der Waals surface area contributed by atoms with E-state index in [1.54, 1.807) is 31.2 Å². The number of aliphatic carboxylic acids is 1. The molecule has 0 aliphatic carbocycles. The molecule has 92 valence electrons. The van der Waals surface area contributed by atoms with Crippen LogP contribution in [0, 0.1) is 0 Å². The van der Waals surface area contributed by atoms with Crippen LogP contribution in [0.5, 0.6) is 0 Å². The van der Waals surface area contributed by atoms with E-state index < -0.39 is 18.0 Å². The Hall–Kier alpha value is -1.56. The molecule has 0 bridgehead atoms. The Morgan fingerprint density at radius 3 is 2.41 bits per heavy atom. The van der Waals surface area contributed by atoms with Gasteiger partial charge in [-0.25, -0.2) is 9.59 Å². The van der Waals surface area contributed by atoms with Crippen molar-refractivity contribution >= 4 is 33.6 Å². The number of benzene rings is 1. The lowest BCUT2D eigenvalue weighted by Gasteiger charge is -2.13. The molecule has 1 rings (SSSR count). The van der Waals surface area contributed by atoms with Gasteiger partial charge in [-0.2, -0.15) is 0 Å². The lowest BCUT2D eigenvalue weighted by molar-refractivity contribution is -0.139. The first-order valence-corrected chi connectivity index (χ1v) is 5.88. The van der Waals surface area contributed by atoms with Crippen molar-refractivity contribution in [3.8, 4) is 0 Å². The van der Waals surface area contributed by atoms with E-state index in [9.17, 15) is 9.59 Å². The topological polar surface area (TPSA) is 78.4 Å². The van der Waals surface area contributed by atoms with E-state index in [0.717, 1.165) is 4.47 Å². The fourth-order valence-corrected chi connectivity index (χ4v) is 1.46. The summed E-state index contributed by atoms with van der Waals surface area (Å²) in [6.07, 6.45) is 0.336. The van der Waals surface area contributed by atoms with Crippen molar-refractivity contribution < 1.29 is 14.7 Å². The minimum atomic E-state index is -1.04. The maximum absolute atomic E-state index is 11.5. The SMILES string of the molecule is CCC(NC(=O)Nc1ccc(Br)cc1)C(=O)O.